The minimum absolute atomic E-state index is 0.175. The molecule has 1 fully saturated rings. The minimum Gasteiger partial charge on any atom is -0.493 e. The van der Waals surface area contributed by atoms with E-state index in [4.69, 9.17) is 9.47 Å². The van der Waals surface area contributed by atoms with Gasteiger partial charge in [-0.1, -0.05) is 24.3 Å². The Morgan fingerprint density at radius 2 is 1.89 bits per heavy atom. The summed E-state index contributed by atoms with van der Waals surface area (Å²) in [6.45, 7) is 3.90. The van der Waals surface area contributed by atoms with Crippen LogP contribution in [-0.4, -0.2) is 44.2 Å². The van der Waals surface area contributed by atoms with Gasteiger partial charge in [-0.15, -0.1) is 0 Å². The standard InChI is InChI=1S/C22H26N2O3/c1-26-21-17-18(10-12-22(25)23-19-7-3-2-4-8-19)9-11-20(21)27-16-15-24-13-5-6-14-24/h2-4,7-12,17H,5-6,13-16H2,1H3,(H,23,25)/b12-10+. The Morgan fingerprint density at radius 3 is 2.63 bits per heavy atom. The van der Waals surface area contributed by atoms with Crippen molar-refractivity contribution in [2.75, 3.05) is 38.7 Å². The summed E-state index contributed by atoms with van der Waals surface area (Å²) in [6, 6.07) is 15.0. The van der Waals surface area contributed by atoms with E-state index in [1.807, 2.05) is 48.5 Å². The SMILES string of the molecule is COc1cc(/C=C/C(=O)Nc2ccccc2)ccc1OCCN1CCCC1. The Morgan fingerprint density at radius 1 is 1.11 bits per heavy atom. The average molecular weight is 366 g/mol. The molecule has 0 saturated carbocycles. The lowest BCUT2D eigenvalue weighted by atomic mass is 10.2. The van der Waals surface area contributed by atoms with Gasteiger partial charge in [0.15, 0.2) is 11.5 Å². The fourth-order valence-corrected chi connectivity index (χ4v) is 3.08. The third kappa shape index (κ3) is 5.86. The first kappa shape index (κ1) is 19.0. The predicted molar refractivity (Wildman–Crippen MR) is 108 cm³/mol. The number of methoxy groups -OCH3 is 1. The van der Waals surface area contributed by atoms with Gasteiger partial charge < -0.3 is 14.8 Å². The summed E-state index contributed by atoms with van der Waals surface area (Å²) < 4.78 is 11.3. The first-order valence-electron chi connectivity index (χ1n) is 9.32. The number of nitrogens with one attached hydrogen (secondary N) is 1. The number of nitrogens with zero attached hydrogens (tertiary/aromatic N) is 1. The quantitative estimate of drug-likeness (QED) is 0.722. The van der Waals surface area contributed by atoms with Crippen molar-refractivity contribution in [2.24, 2.45) is 0 Å². The minimum atomic E-state index is -0.175. The zero-order chi connectivity index (χ0) is 18.9. The van der Waals surface area contributed by atoms with Gasteiger partial charge in [0.25, 0.3) is 0 Å². The van der Waals surface area contributed by atoms with Gasteiger partial charge in [0.05, 0.1) is 7.11 Å². The molecule has 1 aliphatic heterocycles. The molecule has 1 amide bonds. The molecule has 0 aromatic heterocycles. The molecule has 0 radical (unpaired) electrons. The molecule has 0 atom stereocenters. The molecule has 0 aliphatic carbocycles. The van der Waals surface area contributed by atoms with E-state index in [0.29, 0.717) is 12.4 Å². The molecule has 1 heterocycles. The summed E-state index contributed by atoms with van der Waals surface area (Å²) in [5.41, 5.74) is 1.65. The van der Waals surface area contributed by atoms with Crippen molar-refractivity contribution in [3.63, 3.8) is 0 Å². The van der Waals surface area contributed by atoms with Gasteiger partial charge in [-0.2, -0.15) is 0 Å². The highest BCUT2D eigenvalue weighted by molar-refractivity contribution is 6.01. The molecule has 2 aromatic rings. The van der Waals surface area contributed by atoms with Crippen molar-refractivity contribution in [1.29, 1.82) is 0 Å². The van der Waals surface area contributed by atoms with Crippen LogP contribution in [0.2, 0.25) is 0 Å². The van der Waals surface area contributed by atoms with Crippen molar-refractivity contribution < 1.29 is 14.3 Å². The van der Waals surface area contributed by atoms with Gasteiger partial charge in [-0.25, -0.2) is 0 Å². The van der Waals surface area contributed by atoms with E-state index in [1.165, 1.54) is 18.9 Å². The maximum Gasteiger partial charge on any atom is 0.248 e. The van der Waals surface area contributed by atoms with Gasteiger partial charge in [0.1, 0.15) is 6.61 Å². The van der Waals surface area contributed by atoms with Crippen LogP contribution in [0.1, 0.15) is 18.4 Å². The lowest BCUT2D eigenvalue weighted by molar-refractivity contribution is -0.111. The summed E-state index contributed by atoms with van der Waals surface area (Å²) in [7, 11) is 1.62. The normalized spacial score (nSPS) is 14.4. The molecule has 0 bridgehead atoms. The van der Waals surface area contributed by atoms with Crippen LogP contribution in [0.3, 0.4) is 0 Å². The number of carbonyl (C=O) groups excluding carboxylic acids is 1. The number of hydrogen-bond acceptors (Lipinski definition) is 4. The average Bonchev–Trinajstić information content (AvgIpc) is 3.21. The van der Waals surface area contributed by atoms with Crippen molar-refractivity contribution in [3.05, 3.63) is 60.2 Å². The summed E-state index contributed by atoms with van der Waals surface area (Å²) in [4.78, 5) is 14.4. The van der Waals surface area contributed by atoms with Crippen LogP contribution in [0.25, 0.3) is 6.08 Å². The first-order chi connectivity index (χ1) is 13.2. The number of benzene rings is 2. The monoisotopic (exact) mass is 366 g/mol. The van der Waals surface area contributed by atoms with E-state index >= 15 is 0 Å². The number of rotatable bonds is 8. The molecular weight excluding hydrogens is 340 g/mol. The Labute approximate surface area is 160 Å². The molecule has 3 rings (SSSR count). The topological polar surface area (TPSA) is 50.8 Å². The maximum absolute atomic E-state index is 12.0. The van der Waals surface area contributed by atoms with E-state index in [9.17, 15) is 4.79 Å². The highest BCUT2D eigenvalue weighted by atomic mass is 16.5. The second kappa shape index (κ2) is 9.78. The molecule has 0 unspecified atom stereocenters. The Bertz CT molecular complexity index is 768. The molecule has 5 nitrogen and oxygen atoms in total. The van der Waals surface area contributed by atoms with Crippen LogP contribution >= 0.6 is 0 Å². The lowest BCUT2D eigenvalue weighted by Gasteiger charge is -2.16. The van der Waals surface area contributed by atoms with Crippen LogP contribution in [0, 0.1) is 0 Å². The lowest BCUT2D eigenvalue weighted by Crippen LogP contribution is -2.25. The molecule has 5 heteroatoms. The largest absolute Gasteiger partial charge is 0.493 e. The van der Waals surface area contributed by atoms with E-state index in [1.54, 1.807) is 13.2 Å². The van der Waals surface area contributed by atoms with Crippen molar-refractivity contribution in [1.82, 2.24) is 4.90 Å². The first-order valence-corrected chi connectivity index (χ1v) is 9.32. The van der Waals surface area contributed by atoms with Gasteiger partial charge >= 0.3 is 0 Å². The highest BCUT2D eigenvalue weighted by Crippen LogP contribution is 2.28. The van der Waals surface area contributed by atoms with Gasteiger partial charge in [-0.3, -0.25) is 9.69 Å². The Balaban J connectivity index is 1.55. The Kier molecular flexibility index (Phi) is 6.88. The van der Waals surface area contributed by atoms with Crippen LogP contribution < -0.4 is 14.8 Å². The molecule has 1 saturated heterocycles. The molecular formula is C22H26N2O3. The number of ether oxygens (including phenoxy) is 2. The Hall–Kier alpha value is -2.79. The molecule has 1 aliphatic rings. The predicted octanol–water partition coefficient (Wildman–Crippen LogP) is 3.82. The third-order valence-corrected chi connectivity index (χ3v) is 4.52. The van der Waals surface area contributed by atoms with Crippen LogP contribution in [-0.2, 0) is 4.79 Å². The summed E-state index contributed by atoms with van der Waals surface area (Å²) in [6.07, 6.45) is 5.83. The molecule has 142 valence electrons. The molecule has 2 aromatic carbocycles. The summed E-state index contributed by atoms with van der Waals surface area (Å²) >= 11 is 0. The zero-order valence-corrected chi connectivity index (χ0v) is 15.7. The fraction of sp³-hybridized carbons (Fsp3) is 0.318. The molecule has 27 heavy (non-hydrogen) atoms. The zero-order valence-electron chi connectivity index (χ0n) is 15.7. The number of anilines is 1. The van der Waals surface area contributed by atoms with E-state index in [-0.39, 0.29) is 5.91 Å². The maximum atomic E-state index is 12.0. The van der Waals surface area contributed by atoms with Crippen LogP contribution in [0.15, 0.2) is 54.6 Å². The van der Waals surface area contributed by atoms with Gasteiger partial charge in [-0.05, 0) is 61.8 Å². The highest BCUT2D eigenvalue weighted by Gasteiger charge is 2.12. The van der Waals surface area contributed by atoms with E-state index < -0.39 is 0 Å². The molecule has 1 N–H and O–H groups in total. The van der Waals surface area contributed by atoms with E-state index in [2.05, 4.69) is 10.2 Å². The van der Waals surface area contributed by atoms with Gasteiger partial charge in [0, 0.05) is 18.3 Å². The van der Waals surface area contributed by atoms with Gasteiger partial charge in [0.2, 0.25) is 5.91 Å². The number of hydrogen-bond donors (Lipinski definition) is 1. The summed E-state index contributed by atoms with van der Waals surface area (Å²) in [5.74, 6) is 1.22. The number of amides is 1. The van der Waals surface area contributed by atoms with Crippen LogP contribution in [0.4, 0.5) is 5.69 Å². The number of carbonyl (C=O) groups is 1. The number of likely N-dealkylation sites (tertiary alicyclic amines) is 1. The third-order valence-electron chi connectivity index (χ3n) is 4.52. The smallest absolute Gasteiger partial charge is 0.248 e. The number of para-hydroxylation sites is 1. The van der Waals surface area contributed by atoms with Crippen molar-refractivity contribution in [3.8, 4) is 11.5 Å². The van der Waals surface area contributed by atoms with Crippen molar-refractivity contribution in [2.45, 2.75) is 12.8 Å². The van der Waals surface area contributed by atoms with E-state index in [0.717, 1.165) is 36.6 Å². The second-order valence-corrected chi connectivity index (χ2v) is 6.50. The second-order valence-electron chi connectivity index (χ2n) is 6.50. The molecule has 0 spiro atoms. The van der Waals surface area contributed by atoms with Crippen LogP contribution in [0.5, 0.6) is 11.5 Å². The van der Waals surface area contributed by atoms with Crippen molar-refractivity contribution >= 4 is 17.7 Å². The fourth-order valence-electron chi connectivity index (χ4n) is 3.08. The summed E-state index contributed by atoms with van der Waals surface area (Å²) in [5, 5.41) is 2.82.